The van der Waals surface area contributed by atoms with Crippen LogP contribution in [-0.2, 0) is 0 Å². The summed E-state index contributed by atoms with van der Waals surface area (Å²) < 4.78 is 0. The molecule has 21 heavy (non-hydrogen) atoms. The van der Waals surface area contributed by atoms with Gasteiger partial charge in [0.1, 0.15) is 5.69 Å². The highest BCUT2D eigenvalue weighted by atomic mass is 16.2. The van der Waals surface area contributed by atoms with Gasteiger partial charge < -0.3 is 4.90 Å². The van der Waals surface area contributed by atoms with Crippen molar-refractivity contribution >= 4 is 16.9 Å². The lowest BCUT2D eigenvalue weighted by atomic mass is 9.85. The molecule has 0 aliphatic heterocycles. The molecule has 3 rings (SSSR count). The van der Waals surface area contributed by atoms with Crippen molar-refractivity contribution in [3.8, 4) is 0 Å². The average molecular weight is 283 g/mol. The number of benzene rings is 1. The average Bonchev–Trinajstić information content (AvgIpc) is 2.53. The number of aromatic nitrogens is 2. The fourth-order valence-corrected chi connectivity index (χ4v) is 3.26. The number of carbonyl (C=O) groups is 1. The molecule has 2 unspecified atom stereocenters. The third-order valence-electron chi connectivity index (χ3n) is 4.55. The molecule has 1 aromatic heterocycles. The third-order valence-corrected chi connectivity index (χ3v) is 4.55. The van der Waals surface area contributed by atoms with Crippen LogP contribution in [0.4, 0.5) is 0 Å². The van der Waals surface area contributed by atoms with E-state index in [1.807, 2.05) is 36.2 Å². The number of carbonyl (C=O) groups excluding carboxylic acids is 1. The summed E-state index contributed by atoms with van der Waals surface area (Å²) in [6, 6.07) is 7.96. The van der Waals surface area contributed by atoms with E-state index in [2.05, 4.69) is 16.9 Å². The molecule has 0 radical (unpaired) electrons. The highest BCUT2D eigenvalue weighted by Crippen LogP contribution is 2.28. The Kier molecular flexibility index (Phi) is 3.86. The van der Waals surface area contributed by atoms with E-state index in [1.165, 1.54) is 19.3 Å². The third kappa shape index (κ3) is 2.75. The van der Waals surface area contributed by atoms with Crippen LogP contribution in [0.1, 0.15) is 43.1 Å². The van der Waals surface area contributed by atoms with Crippen LogP contribution >= 0.6 is 0 Å². The molecule has 1 fully saturated rings. The van der Waals surface area contributed by atoms with E-state index < -0.39 is 0 Å². The van der Waals surface area contributed by atoms with Gasteiger partial charge in [0.15, 0.2) is 0 Å². The summed E-state index contributed by atoms with van der Waals surface area (Å²) in [5, 5.41) is 0. The molecule has 0 N–H and O–H groups in total. The largest absolute Gasteiger partial charge is 0.337 e. The molecule has 1 aliphatic carbocycles. The van der Waals surface area contributed by atoms with Crippen molar-refractivity contribution in [3.63, 3.8) is 0 Å². The summed E-state index contributed by atoms with van der Waals surface area (Å²) in [6.45, 7) is 2.24. The predicted octanol–water partition coefficient (Wildman–Crippen LogP) is 3.28. The van der Waals surface area contributed by atoms with Gasteiger partial charge in [-0.15, -0.1) is 0 Å². The monoisotopic (exact) mass is 283 g/mol. The highest BCUT2D eigenvalue weighted by molar-refractivity contribution is 5.93. The SMILES string of the molecule is CC1CCCCC1N(C)C(=O)c1cnc2ccccc2n1. The fraction of sp³-hybridized carbons (Fsp3) is 0.471. The predicted molar refractivity (Wildman–Crippen MR) is 83.1 cm³/mol. The smallest absolute Gasteiger partial charge is 0.274 e. The van der Waals surface area contributed by atoms with Crippen molar-refractivity contribution in [2.75, 3.05) is 7.05 Å². The lowest BCUT2D eigenvalue weighted by Crippen LogP contribution is -2.42. The molecule has 1 saturated carbocycles. The van der Waals surface area contributed by atoms with Gasteiger partial charge in [-0.25, -0.2) is 4.98 Å². The van der Waals surface area contributed by atoms with Gasteiger partial charge in [0, 0.05) is 13.1 Å². The van der Waals surface area contributed by atoms with Crippen LogP contribution in [0.15, 0.2) is 30.5 Å². The van der Waals surface area contributed by atoms with Gasteiger partial charge in [0.2, 0.25) is 0 Å². The van der Waals surface area contributed by atoms with Gasteiger partial charge in [0.05, 0.1) is 17.2 Å². The van der Waals surface area contributed by atoms with Crippen LogP contribution in [0.3, 0.4) is 0 Å². The Hall–Kier alpha value is -1.97. The topological polar surface area (TPSA) is 46.1 Å². The van der Waals surface area contributed by atoms with Gasteiger partial charge in [-0.05, 0) is 30.9 Å². The maximum absolute atomic E-state index is 12.7. The summed E-state index contributed by atoms with van der Waals surface area (Å²) in [5.74, 6) is 0.535. The number of amides is 1. The van der Waals surface area contributed by atoms with Gasteiger partial charge >= 0.3 is 0 Å². The molecule has 110 valence electrons. The first-order chi connectivity index (χ1) is 10.2. The molecule has 2 atom stereocenters. The van der Waals surface area contributed by atoms with Crippen LogP contribution < -0.4 is 0 Å². The maximum atomic E-state index is 12.7. The first-order valence-corrected chi connectivity index (χ1v) is 7.66. The van der Waals surface area contributed by atoms with E-state index in [0.29, 0.717) is 17.7 Å². The molecule has 1 amide bonds. The number of hydrogen-bond acceptors (Lipinski definition) is 3. The Labute approximate surface area is 125 Å². The Balaban J connectivity index is 1.85. The normalized spacial score (nSPS) is 22.2. The lowest BCUT2D eigenvalue weighted by Gasteiger charge is -2.36. The Morgan fingerprint density at radius 3 is 2.67 bits per heavy atom. The Morgan fingerprint density at radius 2 is 1.90 bits per heavy atom. The van der Waals surface area contributed by atoms with Crippen molar-refractivity contribution in [2.45, 2.75) is 38.6 Å². The highest BCUT2D eigenvalue weighted by Gasteiger charge is 2.29. The van der Waals surface area contributed by atoms with Crippen LogP contribution in [0.25, 0.3) is 11.0 Å². The standard InChI is InChI=1S/C17H21N3O/c1-12-7-3-6-10-16(12)20(2)17(21)15-11-18-13-8-4-5-9-14(13)19-15/h4-5,8-9,11-12,16H,3,6-7,10H2,1-2H3. The molecule has 0 saturated heterocycles. The number of hydrogen-bond donors (Lipinski definition) is 0. The summed E-state index contributed by atoms with van der Waals surface area (Å²) >= 11 is 0. The van der Waals surface area contributed by atoms with E-state index in [-0.39, 0.29) is 5.91 Å². The summed E-state index contributed by atoms with van der Waals surface area (Å²) in [7, 11) is 1.89. The molecule has 1 aromatic carbocycles. The van der Waals surface area contributed by atoms with E-state index in [0.717, 1.165) is 17.5 Å². The number of fused-ring (bicyclic) bond motifs is 1. The summed E-state index contributed by atoms with van der Waals surface area (Å²) in [6.07, 6.45) is 6.36. The zero-order chi connectivity index (χ0) is 14.8. The minimum atomic E-state index is -0.0213. The van der Waals surface area contributed by atoms with Gasteiger partial charge in [-0.2, -0.15) is 0 Å². The quantitative estimate of drug-likeness (QED) is 0.849. The van der Waals surface area contributed by atoms with E-state index in [1.54, 1.807) is 6.20 Å². The fourth-order valence-electron chi connectivity index (χ4n) is 3.26. The summed E-state index contributed by atoms with van der Waals surface area (Å²) in [5.41, 5.74) is 2.03. The van der Waals surface area contributed by atoms with Gasteiger partial charge in [-0.1, -0.05) is 31.9 Å². The minimum absolute atomic E-state index is 0.0213. The lowest BCUT2D eigenvalue weighted by molar-refractivity contribution is 0.0623. The van der Waals surface area contributed by atoms with Crippen molar-refractivity contribution in [3.05, 3.63) is 36.2 Å². The van der Waals surface area contributed by atoms with Crippen LogP contribution in [0.2, 0.25) is 0 Å². The van der Waals surface area contributed by atoms with Crippen LogP contribution in [0, 0.1) is 5.92 Å². The first-order valence-electron chi connectivity index (χ1n) is 7.66. The summed E-state index contributed by atoms with van der Waals surface area (Å²) in [4.78, 5) is 23.3. The molecule has 0 bridgehead atoms. The molecule has 1 aliphatic rings. The molecular formula is C17H21N3O. The molecule has 4 nitrogen and oxygen atoms in total. The second-order valence-electron chi connectivity index (χ2n) is 5.99. The van der Waals surface area contributed by atoms with E-state index in [9.17, 15) is 4.79 Å². The van der Waals surface area contributed by atoms with Crippen molar-refractivity contribution in [1.29, 1.82) is 0 Å². The van der Waals surface area contributed by atoms with Crippen molar-refractivity contribution in [2.24, 2.45) is 5.92 Å². The van der Waals surface area contributed by atoms with Gasteiger partial charge in [0.25, 0.3) is 5.91 Å². The minimum Gasteiger partial charge on any atom is -0.337 e. The van der Waals surface area contributed by atoms with Crippen LogP contribution in [-0.4, -0.2) is 33.9 Å². The molecule has 2 aromatic rings. The second kappa shape index (κ2) is 5.80. The number of para-hydroxylation sites is 2. The van der Waals surface area contributed by atoms with E-state index in [4.69, 9.17) is 0 Å². The molecule has 0 spiro atoms. The van der Waals surface area contributed by atoms with Crippen molar-refractivity contribution in [1.82, 2.24) is 14.9 Å². The zero-order valence-corrected chi connectivity index (χ0v) is 12.6. The maximum Gasteiger partial charge on any atom is 0.274 e. The van der Waals surface area contributed by atoms with Gasteiger partial charge in [-0.3, -0.25) is 9.78 Å². The number of rotatable bonds is 2. The van der Waals surface area contributed by atoms with E-state index >= 15 is 0 Å². The van der Waals surface area contributed by atoms with Crippen molar-refractivity contribution < 1.29 is 4.79 Å². The zero-order valence-electron chi connectivity index (χ0n) is 12.6. The Morgan fingerprint density at radius 1 is 1.19 bits per heavy atom. The van der Waals surface area contributed by atoms with Crippen LogP contribution in [0.5, 0.6) is 0 Å². The molecule has 1 heterocycles. The second-order valence-corrected chi connectivity index (χ2v) is 5.99. The Bertz CT molecular complexity index is 655. The number of nitrogens with zero attached hydrogens (tertiary/aromatic N) is 3. The molecule has 4 heteroatoms. The first kappa shape index (κ1) is 14.0. The molecular weight excluding hydrogens is 262 g/mol.